The highest BCUT2D eigenvalue weighted by molar-refractivity contribution is 5.80. The molecule has 2 unspecified atom stereocenters. The largest absolute Gasteiger partial charge is 0.391 e. The molecule has 0 aromatic rings. The quantitative estimate of drug-likeness (QED) is 0.711. The smallest absolute Gasteiger partial charge is 0.248 e. The Hall–Kier alpha value is -0.610. The summed E-state index contributed by atoms with van der Waals surface area (Å²) in [4.78, 5) is 11.8. The minimum atomic E-state index is -0.436. The summed E-state index contributed by atoms with van der Waals surface area (Å²) in [6, 6.07) is 0. The molecule has 1 aliphatic rings. The first-order valence-electron chi connectivity index (χ1n) is 7.58. The summed E-state index contributed by atoms with van der Waals surface area (Å²) < 4.78 is 5.48. The van der Waals surface area contributed by atoms with Crippen LogP contribution in [0.5, 0.6) is 0 Å². The summed E-state index contributed by atoms with van der Waals surface area (Å²) in [6.07, 6.45) is 4.68. The van der Waals surface area contributed by atoms with Crippen LogP contribution in [0.3, 0.4) is 0 Å². The van der Waals surface area contributed by atoms with Gasteiger partial charge in [-0.1, -0.05) is 26.7 Å². The zero-order chi connectivity index (χ0) is 14.3. The molecule has 4 nitrogen and oxygen atoms in total. The minimum absolute atomic E-state index is 0.124. The molecule has 2 N–H and O–H groups in total. The van der Waals surface area contributed by atoms with Crippen LogP contribution >= 0.6 is 0 Å². The lowest BCUT2D eigenvalue weighted by Gasteiger charge is -2.20. The second-order valence-corrected chi connectivity index (χ2v) is 6.05. The fourth-order valence-electron chi connectivity index (χ4n) is 2.41. The van der Waals surface area contributed by atoms with Crippen molar-refractivity contribution in [1.29, 1.82) is 0 Å². The number of hydrogen-bond acceptors (Lipinski definition) is 3. The minimum Gasteiger partial charge on any atom is -0.391 e. The zero-order valence-corrected chi connectivity index (χ0v) is 12.5. The number of carbonyl (C=O) groups excluding carboxylic acids is 1. The summed E-state index contributed by atoms with van der Waals surface area (Å²) in [5, 5.41) is 12.8. The molecule has 1 amide bonds. The van der Waals surface area contributed by atoms with Gasteiger partial charge in [0.15, 0.2) is 0 Å². The van der Waals surface area contributed by atoms with Gasteiger partial charge in [-0.2, -0.15) is 0 Å². The summed E-state index contributed by atoms with van der Waals surface area (Å²) >= 11 is 0. The topological polar surface area (TPSA) is 58.6 Å². The highest BCUT2D eigenvalue weighted by Gasteiger charge is 2.24. The van der Waals surface area contributed by atoms with Crippen molar-refractivity contribution in [2.75, 3.05) is 13.2 Å². The molecular formula is C15H29NO3. The maximum absolute atomic E-state index is 11.8. The maximum Gasteiger partial charge on any atom is 0.248 e. The monoisotopic (exact) mass is 271 g/mol. The first-order valence-corrected chi connectivity index (χ1v) is 7.58. The molecule has 1 saturated carbocycles. The normalized spacial score (nSPS) is 19.6. The van der Waals surface area contributed by atoms with Gasteiger partial charge in [-0.3, -0.25) is 4.79 Å². The van der Waals surface area contributed by atoms with E-state index in [1.54, 1.807) is 6.92 Å². The van der Waals surface area contributed by atoms with Gasteiger partial charge in [-0.05, 0) is 38.0 Å². The number of nitrogens with one attached hydrogen (secondary N) is 1. The molecule has 0 radical (unpaired) electrons. The van der Waals surface area contributed by atoms with E-state index < -0.39 is 12.2 Å². The predicted molar refractivity (Wildman–Crippen MR) is 75.8 cm³/mol. The van der Waals surface area contributed by atoms with E-state index >= 15 is 0 Å². The van der Waals surface area contributed by atoms with Crippen LogP contribution in [0.15, 0.2) is 0 Å². The highest BCUT2D eigenvalue weighted by Crippen LogP contribution is 2.27. The average Bonchev–Trinajstić information content (AvgIpc) is 2.88. The third-order valence-corrected chi connectivity index (χ3v) is 3.86. The number of aliphatic hydroxyl groups is 1. The summed E-state index contributed by atoms with van der Waals surface area (Å²) in [5.74, 6) is 0.817. The van der Waals surface area contributed by atoms with Crippen molar-refractivity contribution in [1.82, 2.24) is 5.32 Å². The van der Waals surface area contributed by atoms with Crippen molar-refractivity contribution in [3.63, 3.8) is 0 Å². The molecule has 1 aliphatic carbocycles. The summed E-state index contributed by atoms with van der Waals surface area (Å²) in [7, 11) is 0. The Balaban J connectivity index is 2.14. The number of aliphatic hydroxyl groups excluding tert-OH is 1. The lowest BCUT2D eigenvalue weighted by atomic mass is 10.0. The van der Waals surface area contributed by atoms with E-state index in [9.17, 15) is 9.90 Å². The molecule has 112 valence electrons. The van der Waals surface area contributed by atoms with E-state index in [4.69, 9.17) is 4.74 Å². The molecule has 0 aromatic heterocycles. The predicted octanol–water partition coefficient (Wildman–Crippen LogP) is 2.10. The van der Waals surface area contributed by atoms with Crippen LogP contribution < -0.4 is 5.32 Å². The Kier molecular flexibility index (Phi) is 7.39. The number of rotatable bonds is 8. The average molecular weight is 271 g/mol. The van der Waals surface area contributed by atoms with Gasteiger partial charge in [0.1, 0.15) is 6.10 Å². The van der Waals surface area contributed by atoms with Gasteiger partial charge in [0, 0.05) is 13.2 Å². The van der Waals surface area contributed by atoms with Crippen molar-refractivity contribution >= 4 is 5.91 Å². The zero-order valence-electron chi connectivity index (χ0n) is 12.5. The van der Waals surface area contributed by atoms with E-state index in [0.29, 0.717) is 25.0 Å². The molecule has 2 atom stereocenters. The Morgan fingerprint density at radius 3 is 2.53 bits per heavy atom. The van der Waals surface area contributed by atoms with Crippen molar-refractivity contribution in [2.45, 2.75) is 65.1 Å². The van der Waals surface area contributed by atoms with Crippen molar-refractivity contribution in [3.05, 3.63) is 0 Å². The fourth-order valence-corrected chi connectivity index (χ4v) is 2.41. The SMILES string of the molecule is CC(C)CCOC(C)C(=O)NCC(O)C1CCCC1. The van der Waals surface area contributed by atoms with Crippen molar-refractivity contribution in [2.24, 2.45) is 11.8 Å². The number of hydrogen-bond donors (Lipinski definition) is 2. The third-order valence-electron chi connectivity index (χ3n) is 3.86. The van der Waals surface area contributed by atoms with Crippen LogP contribution in [0, 0.1) is 11.8 Å². The molecule has 0 aliphatic heterocycles. The van der Waals surface area contributed by atoms with E-state index in [-0.39, 0.29) is 5.91 Å². The molecule has 4 heteroatoms. The lowest BCUT2D eigenvalue weighted by Crippen LogP contribution is -2.41. The number of ether oxygens (including phenoxy) is 1. The van der Waals surface area contributed by atoms with E-state index in [0.717, 1.165) is 19.3 Å². The Bertz CT molecular complexity index is 262. The van der Waals surface area contributed by atoms with Gasteiger partial charge >= 0.3 is 0 Å². The maximum atomic E-state index is 11.8. The second-order valence-electron chi connectivity index (χ2n) is 6.05. The third kappa shape index (κ3) is 6.39. The fraction of sp³-hybridized carbons (Fsp3) is 0.933. The molecule has 0 bridgehead atoms. The Labute approximate surface area is 116 Å². The molecule has 0 saturated heterocycles. The van der Waals surface area contributed by atoms with Gasteiger partial charge in [-0.15, -0.1) is 0 Å². The van der Waals surface area contributed by atoms with Gasteiger partial charge in [-0.25, -0.2) is 0 Å². The summed E-state index contributed by atoms with van der Waals surface area (Å²) in [6.45, 7) is 6.98. The lowest BCUT2D eigenvalue weighted by molar-refractivity contribution is -0.132. The number of carbonyl (C=O) groups is 1. The van der Waals surface area contributed by atoms with Gasteiger partial charge in [0.2, 0.25) is 5.91 Å². The molecule has 0 heterocycles. The van der Waals surface area contributed by atoms with Crippen LogP contribution in [0.1, 0.15) is 52.9 Å². The van der Waals surface area contributed by atoms with Crippen molar-refractivity contribution in [3.8, 4) is 0 Å². The van der Waals surface area contributed by atoms with E-state index in [2.05, 4.69) is 19.2 Å². The van der Waals surface area contributed by atoms with Crippen molar-refractivity contribution < 1.29 is 14.6 Å². The molecular weight excluding hydrogens is 242 g/mol. The molecule has 0 aromatic carbocycles. The van der Waals surface area contributed by atoms with E-state index in [1.807, 2.05) is 0 Å². The molecule has 1 rings (SSSR count). The standard InChI is InChI=1S/C15H29NO3/c1-11(2)8-9-19-12(3)15(18)16-10-14(17)13-6-4-5-7-13/h11-14,17H,4-10H2,1-3H3,(H,16,18). The first kappa shape index (κ1) is 16.4. The first-order chi connectivity index (χ1) is 9.00. The van der Waals surface area contributed by atoms with Crippen LogP contribution in [0.4, 0.5) is 0 Å². The van der Waals surface area contributed by atoms with Gasteiger partial charge in [0.05, 0.1) is 6.10 Å². The Morgan fingerprint density at radius 1 is 1.32 bits per heavy atom. The molecule has 0 spiro atoms. The number of amides is 1. The van der Waals surface area contributed by atoms with Crippen LogP contribution in [0.2, 0.25) is 0 Å². The van der Waals surface area contributed by atoms with Crippen LogP contribution in [-0.4, -0.2) is 36.4 Å². The second kappa shape index (κ2) is 8.54. The summed E-state index contributed by atoms with van der Waals surface area (Å²) in [5.41, 5.74) is 0. The van der Waals surface area contributed by atoms with Gasteiger partial charge in [0.25, 0.3) is 0 Å². The molecule has 1 fully saturated rings. The van der Waals surface area contributed by atoms with Gasteiger partial charge < -0.3 is 15.2 Å². The molecule has 19 heavy (non-hydrogen) atoms. The highest BCUT2D eigenvalue weighted by atomic mass is 16.5. The van der Waals surface area contributed by atoms with E-state index in [1.165, 1.54) is 12.8 Å². The van der Waals surface area contributed by atoms with Crippen LogP contribution in [0.25, 0.3) is 0 Å². The van der Waals surface area contributed by atoms with Crippen LogP contribution in [-0.2, 0) is 9.53 Å². The Morgan fingerprint density at radius 2 is 1.95 bits per heavy atom.